The number of carboxylic acid groups (broad SMARTS) is 2. The molecule has 0 saturated heterocycles. The van der Waals surface area contributed by atoms with Crippen molar-refractivity contribution in [2.45, 2.75) is 32.6 Å². The number of hydrogen-bond acceptors (Lipinski definition) is 6. The number of imidazole rings is 2. The lowest BCUT2D eigenvalue weighted by Gasteiger charge is -2.22. The van der Waals surface area contributed by atoms with E-state index >= 15 is 0 Å². The van der Waals surface area contributed by atoms with Gasteiger partial charge in [0.15, 0.2) is 0 Å². The minimum Gasteiger partial charge on any atom is -0.480 e. The van der Waals surface area contributed by atoms with Gasteiger partial charge in [0, 0.05) is 37.0 Å². The van der Waals surface area contributed by atoms with E-state index in [0.29, 0.717) is 43.4 Å². The molecule has 1 unspecified atom stereocenters. The molecule has 13 heteroatoms. The van der Waals surface area contributed by atoms with Gasteiger partial charge in [-0.15, -0.1) is 0 Å². The van der Waals surface area contributed by atoms with Crippen LogP contribution in [-0.4, -0.2) is 61.5 Å². The van der Waals surface area contributed by atoms with Crippen molar-refractivity contribution in [1.82, 2.24) is 24.0 Å². The van der Waals surface area contributed by atoms with E-state index in [1.54, 1.807) is 46.1 Å². The Kier molecular flexibility index (Phi) is 8.29. The van der Waals surface area contributed by atoms with Crippen LogP contribution in [0.15, 0.2) is 49.1 Å². The van der Waals surface area contributed by atoms with Gasteiger partial charge in [0.2, 0.25) is 0 Å². The van der Waals surface area contributed by atoms with Gasteiger partial charge >= 0.3 is 11.9 Å². The van der Waals surface area contributed by atoms with E-state index in [2.05, 4.69) is 14.7 Å². The average molecular weight is 477 g/mol. The van der Waals surface area contributed by atoms with Crippen LogP contribution in [0.25, 0.3) is 0 Å². The van der Waals surface area contributed by atoms with Crippen molar-refractivity contribution in [1.29, 1.82) is 0 Å². The van der Waals surface area contributed by atoms with Crippen LogP contribution in [0.3, 0.4) is 0 Å². The minimum absolute atomic E-state index is 0.211. The summed E-state index contributed by atoms with van der Waals surface area (Å²) in [6, 6.07) is 7.08. The Morgan fingerprint density at radius 3 is 1.91 bits per heavy atom. The first-order chi connectivity index (χ1) is 15.8. The third-order valence-corrected chi connectivity index (χ3v) is 5.23. The zero-order valence-electron chi connectivity index (χ0n) is 17.6. The molecule has 3 rings (SSSR count). The number of benzene rings is 1. The van der Waals surface area contributed by atoms with Crippen molar-refractivity contribution >= 4 is 28.9 Å². The van der Waals surface area contributed by atoms with E-state index < -0.39 is 23.2 Å². The summed E-state index contributed by atoms with van der Waals surface area (Å²) in [6.45, 7) is 0.806. The number of aliphatic carboxylic acids is 2. The largest absolute Gasteiger partial charge is 0.480 e. The van der Waals surface area contributed by atoms with Crippen LogP contribution in [0.5, 0.6) is 0 Å². The van der Waals surface area contributed by atoms with Crippen LogP contribution in [-0.2, 0) is 53.5 Å². The first kappa shape index (κ1) is 24.1. The Labute approximate surface area is 191 Å². The maximum atomic E-state index is 11.1. The van der Waals surface area contributed by atoms with Gasteiger partial charge in [-0.3, -0.25) is 23.8 Å². The Morgan fingerprint density at radius 1 is 0.939 bits per heavy atom. The van der Waals surface area contributed by atoms with Gasteiger partial charge in [0.25, 0.3) is 11.3 Å². The van der Waals surface area contributed by atoms with Gasteiger partial charge in [-0.2, -0.15) is 0 Å². The van der Waals surface area contributed by atoms with Crippen LogP contribution in [0.4, 0.5) is 5.69 Å². The minimum atomic E-state index is -2.15. The highest BCUT2D eigenvalue weighted by molar-refractivity contribution is 7.80. The molecular formula is C20H24N6O6S. The van der Waals surface area contributed by atoms with Crippen LogP contribution >= 0.6 is 0 Å². The van der Waals surface area contributed by atoms with Gasteiger partial charge in [-0.05, 0) is 24.1 Å². The standard InChI is InChI=1S/C20H24N6O6S/c27-19(28)13-25-9-6-21-17(25)11-24(12-18-22-7-10-26(18)14-20(29)30)8-5-15-1-3-16(4-2-15)23-33(31)32/h1-4,6-7,9-10,23H,5,8,11-14H2,(H,27,28)(H,29,30)(H,31,32). The predicted octanol–water partition coefficient (Wildman–Crippen LogP) is 1.04. The lowest BCUT2D eigenvalue weighted by Crippen LogP contribution is -2.29. The molecule has 0 saturated carbocycles. The first-order valence-corrected chi connectivity index (χ1v) is 11.0. The number of carboxylic acids is 2. The lowest BCUT2D eigenvalue weighted by atomic mass is 10.1. The Bertz CT molecular complexity index is 1060. The fourth-order valence-corrected chi connectivity index (χ4v) is 3.64. The van der Waals surface area contributed by atoms with Gasteiger partial charge in [-0.25, -0.2) is 14.2 Å². The second kappa shape index (κ2) is 11.4. The molecule has 0 aliphatic rings. The maximum absolute atomic E-state index is 11.1. The zero-order chi connectivity index (χ0) is 23.8. The van der Waals surface area contributed by atoms with Gasteiger partial charge in [0.1, 0.15) is 24.7 Å². The number of nitrogens with zero attached hydrogens (tertiary/aromatic N) is 5. The summed E-state index contributed by atoms with van der Waals surface area (Å²) < 4.78 is 25.3. The number of nitrogens with one attached hydrogen (secondary N) is 1. The van der Waals surface area contributed by atoms with Gasteiger partial charge < -0.3 is 19.3 Å². The van der Waals surface area contributed by atoms with Crippen LogP contribution in [0.2, 0.25) is 0 Å². The molecule has 0 radical (unpaired) electrons. The topological polar surface area (TPSA) is 163 Å². The molecule has 0 aliphatic carbocycles. The van der Waals surface area contributed by atoms with Crippen molar-refractivity contribution in [2.24, 2.45) is 0 Å². The quantitative estimate of drug-likeness (QED) is 0.264. The van der Waals surface area contributed by atoms with Gasteiger partial charge in [-0.1, -0.05) is 12.1 Å². The molecule has 4 N–H and O–H groups in total. The summed E-state index contributed by atoms with van der Waals surface area (Å²) in [4.78, 5) is 32.9. The normalized spacial score (nSPS) is 12.1. The Balaban J connectivity index is 1.74. The third kappa shape index (κ3) is 7.52. The van der Waals surface area contributed by atoms with Crippen LogP contribution in [0, 0.1) is 0 Å². The average Bonchev–Trinajstić information content (AvgIpc) is 3.35. The second-order valence-corrected chi connectivity index (χ2v) is 7.94. The Morgan fingerprint density at radius 2 is 1.45 bits per heavy atom. The molecule has 3 aromatic rings. The predicted molar refractivity (Wildman–Crippen MR) is 118 cm³/mol. The monoisotopic (exact) mass is 476 g/mol. The molecule has 0 bridgehead atoms. The van der Waals surface area contributed by atoms with E-state index in [4.69, 9.17) is 14.8 Å². The van der Waals surface area contributed by atoms with E-state index in [0.717, 1.165) is 5.56 Å². The van der Waals surface area contributed by atoms with Crippen molar-refractivity contribution in [3.8, 4) is 0 Å². The van der Waals surface area contributed by atoms with E-state index in [1.807, 2.05) is 17.0 Å². The fourth-order valence-electron chi connectivity index (χ4n) is 3.30. The molecule has 0 aliphatic heterocycles. The molecule has 0 spiro atoms. The molecule has 0 amide bonds. The molecule has 1 atom stereocenters. The third-order valence-electron chi connectivity index (χ3n) is 4.82. The highest BCUT2D eigenvalue weighted by atomic mass is 32.2. The number of carbonyl (C=O) groups is 2. The van der Waals surface area contributed by atoms with Crippen LogP contribution < -0.4 is 4.72 Å². The SMILES string of the molecule is O=C(O)Cn1ccnc1CN(CCc1ccc(NS(=O)O)cc1)Cc1nccn1CC(=O)O. The molecule has 2 aromatic heterocycles. The number of aromatic nitrogens is 4. The smallest absolute Gasteiger partial charge is 0.323 e. The number of anilines is 1. The van der Waals surface area contributed by atoms with E-state index in [9.17, 15) is 13.8 Å². The van der Waals surface area contributed by atoms with Crippen molar-refractivity contribution in [3.63, 3.8) is 0 Å². The molecule has 12 nitrogen and oxygen atoms in total. The summed E-state index contributed by atoms with van der Waals surface area (Å²) in [5, 5.41) is 18.3. The molecule has 2 heterocycles. The highest BCUT2D eigenvalue weighted by Gasteiger charge is 2.16. The number of hydrogen-bond donors (Lipinski definition) is 4. The molecule has 176 valence electrons. The maximum Gasteiger partial charge on any atom is 0.323 e. The molecule has 33 heavy (non-hydrogen) atoms. The van der Waals surface area contributed by atoms with Crippen LogP contribution in [0.1, 0.15) is 17.2 Å². The molecule has 0 fully saturated rings. The highest BCUT2D eigenvalue weighted by Crippen LogP contribution is 2.14. The van der Waals surface area contributed by atoms with E-state index in [1.165, 1.54) is 0 Å². The second-order valence-electron chi connectivity index (χ2n) is 7.24. The summed E-state index contributed by atoms with van der Waals surface area (Å²) in [6.07, 6.45) is 6.91. The van der Waals surface area contributed by atoms with Crippen molar-refractivity contribution in [2.75, 3.05) is 11.3 Å². The summed E-state index contributed by atoms with van der Waals surface area (Å²) in [5.41, 5.74) is 1.50. The van der Waals surface area contributed by atoms with E-state index in [-0.39, 0.29) is 13.1 Å². The Hall–Kier alpha value is -3.55. The van der Waals surface area contributed by atoms with Crippen molar-refractivity contribution in [3.05, 3.63) is 66.3 Å². The molecule has 1 aromatic carbocycles. The summed E-state index contributed by atoms with van der Waals surface area (Å²) in [5.74, 6) is -0.817. The summed E-state index contributed by atoms with van der Waals surface area (Å²) in [7, 11) is 0. The summed E-state index contributed by atoms with van der Waals surface area (Å²) >= 11 is -2.15. The fraction of sp³-hybridized carbons (Fsp3) is 0.300. The lowest BCUT2D eigenvalue weighted by molar-refractivity contribution is -0.138. The zero-order valence-corrected chi connectivity index (χ0v) is 18.4. The number of rotatable bonds is 13. The first-order valence-electron chi connectivity index (χ1n) is 9.92. The van der Waals surface area contributed by atoms with Crippen molar-refractivity contribution < 1.29 is 28.6 Å². The molecular weight excluding hydrogens is 452 g/mol. The van der Waals surface area contributed by atoms with Gasteiger partial charge in [0.05, 0.1) is 13.1 Å².